The third-order valence-electron chi connectivity index (χ3n) is 3.13. The monoisotopic (exact) mass is 329 g/mol. The van der Waals surface area contributed by atoms with E-state index in [4.69, 9.17) is 11.6 Å². The predicted molar refractivity (Wildman–Crippen MR) is 78.9 cm³/mol. The Kier molecular flexibility index (Phi) is 5.08. The number of halogens is 5. The average Bonchev–Trinajstić information content (AvgIpc) is 2.55. The van der Waals surface area contributed by atoms with Crippen LogP contribution in [0.2, 0.25) is 5.02 Å². The van der Waals surface area contributed by atoms with Gasteiger partial charge in [-0.25, -0.2) is 17.6 Å². The van der Waals surface area contributed by atoms with E-state index in [1.807, 2.05) is 0 Å². The Bertz CT molecular complexity index is 659. The molecular weight excluding hydrogens is 318 g/mol. The first kappa shape index (κ1) is 16.4. The molecule has 0 aliphatic heterocycles. The van der Waals surface area contributed by atoms with E-state index in [1.165, 1.54) is 6.08 Å². The van der Waals surface area contributed by atoms with Crippen molar-refractivity contribution >= 4 is 17.3 Å². The van der Waals surface area contributed by atoms with Crippen molar-refractivity contribution in [3.05, 3.63) is 76.8 Å². The Balaban J connectivity index is 2.46. The Hall–Kier alpha value is -2.01. The van der Waals surface area contributed by atoms with Crippen LogP contribution in [0.25, 0.3) is 0 Å². The molecule has 0 aliphatic rings. The van der Waals surface area contributed by atoms with Gasteiger partial charge < -0.3 is 5.32 Å². The molecule has 1 atom stereocenters. The normalized spacial score (nSPS) is 12.0. The van der Waals surface area contributed by atoms with Gasteiger partial charge in [-0.3, -0.25) is 0 Å². The van der Waals surface area contributed by atoms with Crippen LogP contribution < -0.4 is 5.32 Å². The van der Waals surface area contributed by atoms with E-state index in [0.29, 0.717) is 12.0 Å². The molecule has 1 N–H and O–H groups in total. The van der Waals surface area contributed by atoms with Gasteiger partial charge in [0.25, 0.3) is 0 Å². The number of anilines is 1. The van der Waals surface area contributed by atoms with E-state index in [2.05, 4.69) is 11.9 Å². The van der Waals surface area contributed by atoms with Gasteiger partial charge in [0.2, 0.25) is 0 Å². The van der Waals surface area contributed by atoms with Crippen molar-refractivity contribution in [2.45, 2.75) is 12.5 Å². The van der Waals surface area contributed by atoms with E-state index >= 15 is 0 Å². The van der Waals surface area contributed by atoms with Crippen LogP contribution in [0.15, 0.2) is 43.0 Å². The molecule has 0 bridgehead atoms. The maximum atomic E-state index is 13.9. The summed E-state index contributed by atoms with van der Waals surface area (Å²) in [5, 5.41) is 1.27. The Morgan fingerprint density at radius 2 is 1.55 bits per heavy atom. The number of rotatable bonds is 5. The molecule has 22 heavy (non-hydrogen) atoms. The summed E-state index contributed by atoms with van der Waals surface area (Å²) in [4.78, 5) is 0. The molecule has 0 aliphatic carbocycles. The molecule has 0 saturated carbocycles. The third-order valence-corrected chi connectivity index (χ3v) is 3.46. The van der Waals surface area contributed by atoms with Gasteiger partial charge in [-0.15, -0.1) is 6.58 Å². The molecule has 2 aromatic carbocycles. The molecule has 1 unspecified atom stereocenters. The highest BCUT2D eigenvalue weighted by Crippen LogP contribution is 2.33. The highest BCUT2D eigenvalue weighted by molar-refractivity contribution is 6.31. The molecular formula is C16H12ClF4N. The summed E-state index contributed by atoms with van der Waals surface area (Å²) in [7, 11) is 0. The molecule has 0 radical (unpaired) electrons. The number of benzene rings is 2. The lowest BCUT2D eigenvalue weighted by molar-refractivity contribution is 0.457. The zero-order chi connectivity index (χ0) is 16.3. The zero-order valence-corrected chi connectivity index (χ0v) is 12.1. The fourth-order valence-corrected chi connectivity index (χ4v) is 2.20. The van der Waals surface area contributed by atoms with Gasteiger partial charge in [-0.2, -0.15) is 0 Å². The lowest BCUT2D eigenvalue weighted by atomic mass is 10.0. The molecule has 0 fully saturated rings. The molecule has 0 heterocycles. The van der Waals surface area contributed by atoms with Gasteiger partial charge in [0.1, 0.15) is 10.7 Å². The second kappa shape index (κ2) is 6.83. The quantitative estimate of drug-likeness (QED) is 0.324. The Morgan fingerprint density at radius 1 is 1.00 bits per heavy atom. The lowest BCUT2D eigenvalue weighted by Gasteiger charge is -2.20. The van der Waals surface area contributed by atoms with Gasteiger partial charge in [-0.1, -0.05) is 48.0 Å². The highest BCUT2D eigenvalue weighted by atomic mass is 35.5. The van der Waals surface area contributed by atoms with Crippen molar-refractivity contribution in [1.82, 2.24) is 0 Å². The standard InChI is InChI=1S/C16H12ClF4N/c1-2-6-10(9-7-4-3-5-8-9)22-16-14(20)12(18)11(17)13(19)15(16)21/h2-5,7-8,10,22H,1,6H2. The van der Waals surface area contributed by atoms with Crippen LogP contribution in [-0.2, 0) is 0 Å². The maximum absolute atomic E-state index is 13.9. The lowest BCUT2D eigenvalue weighted by Crippen LogP contribution is -2.14. The molecule has 0 saturated heterocycles. The highest BCUT2D eigenvalue weighted by Gasteiger charge is 2.26. The SMILES string of the molecule is C=CCC(Nc1c(F)c(F)c(Cl)c(F)c1F)c1ccccc1. The van der Waals surface area contributed by atoms with Crippen molar-refractivity contribution in [3.63, 3.8) is 0 Å². The van der Waals surface area contributed by atoms with Crippen LogP contribution in [0, 0.1) is 23.3 Å². The Morgan fingerprint density at radius 3 is 2.05 bits per heavy atom. The van der Waals surface area contributed by atoms with Crippen molar-refractivity contribution in [2.24, 2.45) is 0 Å². The second-order valence-corrected chi connectivity index (χ2v) is 4.95. The first-order chi connectivity index (χ1) is 10.5. The van der Waals surface area contributed by atoms with Crippen LogP contribution in [0.4, 0.5) is 23.2 Å². The van der Waals surface area contributed by atoms with Gasteiger partial charge in [0.05, 0.1) is 6.04 Å². The van der Waals surface area contributed by atoms with Crippen molar-refractivity contribution in [3.8, 4) is 0 Å². The summed E-state index contributed by atoms with van der Waals surface area (Å²) in [6.07, 6.45) is 1.83. The molecule has 2 rings (SSSR count). The Labute approximate surface area is 130 Å². The van der Waals surface area contributed by atoms with E-state index in [0.717, 1.165) is 0 Å². The van der Waals surface area contributed by atoms with Crippen LogP contribution >= 0.6 is 11.6 Å². The third kappa shape index (κ3) is 3.09. The predicted octanol–water partition coefficient (Wildman–Crippen LogP) is 5.63. The molecule has 6 heteroatoms. The fraction of sp³-hybridized carbons (Fsp3) is 0.125. The summed E-state index contributed by atoms with van der Waals surface area (Å²) in [6, 6.07) is 8.10. The smallest absolute Gasteiger partial charge is 0.186 e. The average molecular weight is 330 g/mol. The summed E-state index contributed by atoms with van der Waals surface area (Å²) >= 11 is 5.20. The first-order valence-corrected chi connectivity index (χ1v) is 6.79. The molecule has 2 aromatic rings. The first-order valence-electron chi connectivity index (χ1n) is 6.41. The van der Waals surface area contributed by atoms with Gasteiger partial charge in [0.15, 0.2) is 23.3 Å². The van der Waals surface area contributed by atoms with E-state index in [1.54, 1.807) is 30.3 Å². The molecule has 0 amide bonds. The number of hydrogen-bond donors (Lipinski definition) is 1. The minimum Gasteiger partial charge on any atom is -0.373 e. The topological polar surface area (TPSA) is 12.0 Å². The largest absolute Gasteiger partial charge is 0.373 e. The van der Waals surface area contributed by atoms with Crippen LogP contribution in [0.1, 0.15) is 18.0 Å². The molecule has 1 nitrogen and oxygen atoms in total. The molecule has 116 valence electrons. The minimum absolute atomic E-state index is 0.300. The van der Waals surface area contributed by atoms with E-state index < -0.39 is 40.0 Å². The van der Waals surface area contributed by atoms with Crippen LogP contribution in [0.5, 0.6) is 0 Å². The number of nitrogens with one attached hydrogen (secondary N) is 1. The van der Waals surface area contributed by atoms with Crippen LogP contribution in [-0.4, -0.2) is 0 Å². The summed E-state index contributed by atoms with van der Waals surface area (Å²) in [5.41, 5.74) is -0.202. The summed E-state index contributed by atoms with van der Waals surface area (Å²) in [6.45, 7) is 3.56. The molecule has 0 aromatic heterocycles. The minimum atomic E-state index is -1.63. The fourth-order valence-electron chi connectivity index (χ4n) is 2.04. The second-order valence-electron chi connectivity index (χ2n) is 4.58. The van der Waals surface area contributed by atoms with Crippen LogP contribution in [0.3, 0.4) is 0 Å². The van der Waals surface area contributed by atoms with Gasteiger partial charge in [-0.05, 0) is 12.0 Å². The van der Waals surface area contributed by atoms with E-state index in [9.17, 15) is 17.6 Å². The summed E-state index contributed by atoms with van der Waals surface area (Å²) in [5.74, 6) is -6.38. The summed E-state index contributed by atoms with van der Waals surface area (Å²) < 4.78 is 54.7. The van der Waals surface area contributed by atoms with Gasteiger partial charge in [0, 0.05) is 0 Å². The van der Waals surface area contributed by atoms with Crippen molar-refractivity contribution in [2.75, 3.05) is 5.32 Å². The van der Waals surface area contributed by atoms with Gasteiger partial charge >= 0.3 is 0 Å². The van der Waals surface area contributed by atoms with E-state index in [-0.39, 0.29) is 0 Å². The molecule has 0 spiro atoms. The van der Waals surface area contributed by atoms with Crippen molar-refractivity contribution in [1.29, 1.82) is 0 Å². The zero-order valence-electron chi connectivity index (χ0n) is 11.3. The van der Waals surface area contributed by atoms with Crippen molar-refractivity contribution < 1.29 is 17.6 Å². The number of hydrogen-bond acceptors (Lipinski definition) is 1. The maximum Gasteiger partial charge on any atom is 0.186 e.